The van der Waals surface area contributed by atoms with Crippen LogP contribution < -0.4 is 10.1 Å². The van der Waals surface area contributed by atoms with Crippen molar-refractivity contribution >= 4 is 29.1 Å². The van der Waals surface area contributed by atoms with E-state index >= 15 is 0 Å². The Labute approximate surface area is 126 Å². The largest absolute Gasteiger partial charge is 0.495 e. The first kappa shape index (κ1) is 14.6. The van der Waals surface area contributed by atoms with Gasteiger partial charge in [0.25, 0.3) is 5.91 Å². The van der Waals surface area contributed by atoms with Crippen molar-refractivity contribution in [2.75, 3.05) is 7.11 Å². The van der Waals surface area contributed by atoms with E-state index in [0.717, 1.165) is 5.56 Å². The summed E-state index contributed by atoms with van der Waals surface area (Å²) in [6.45, 7) is 0.368. The third-order valence-corrected chi connectivity index (χ3v) is 3.27. The van der Waals surface area contributed by atoms with Gasteiger partial charge in [0.15, 0.2) is 0 Å². The van der Waals surface area contributed by atoms with Gasteiger partial charge in [0.05, 0.1) is 22.7 Å². The van der Waals surface area contributed by atoms with Gasteiger partial charge in [0.2, 0.25) is 0 Å². The van der Waals surface area contributed by atoms with Crippen molar-refractivity contribution < 1.29 is 9.53 Å². The number of methoxy groups -OCH3 is 1. The Hall–Kier alpha value is -1.78. The monoisotopic (exact) mass is 310 g/mol. The van der Waals surface area contributed by atoms with Crippen LogP contribution in [-0.2, 0) is 6.54 Å². The molecule has 2 aromatic rings. The summed E-state index contributed by atoms with van der Waals surface area (Å²) < 4.78 is 5.03. The molecule has 0 saturated carbocycles. The van der Waals surface area contributed by atoms with Crippen LogP contribution in [0.25, 0.3) is 0 Å². The Balaban J connectivity index is 2.11. The summed E-state index contributed by atoms with van der Waals surface area (Å²) in [6.07, 6.45) is 3.36. The lowest BCUT2D eigenvalue weighted by molar-refractivity contribution is 0.0951. The SMILES string of the molecule is COc1cc(Cl)c(C(=O)NCc2cccnc2)cc1Cl. The number of ether oxygens (including phenoxy) is 1. The van der Waals surface area contributed by atoms with Crippen molar-refractivity contribution in [1.82, 2.24) is 10.3 Å². The highest BCUT2D eigenvalue weighted by Gasteiger charge is 2.14. The minimum absolute atomic E-state index is 0.287. The van der Waals surface area contributed by atoms with Crippen molar-refractivity contribution in [3.8, 4) is 5.75 Å². The van der Waals surface area contributed by atoms with E-state index in [-0.39, 0.29) is 10.9 Å². The first-order valence-electron chi connectivity index (χ1n) is 5.82. The number of carbonyl (C=O) groups is 1. The third kappa shape index (κ3) is 3.40. The van der Waals surface area contributed by atoms with E-state index in [2.05, 4.69) is 10.3 Å². The van der Waals surface area contributed by atoms with Crippen LogP contribution >= 0.6 is 23.2 Å². The van der Waals surface area contributed by atoms with Crippen molar-refractivity contribution in [2.24, 2.45) is 0 Å². The molecule has 2 rings (SSSR count). The second kappa shape index (κ2) is 6.59. The van der Waals surface area contributed by atoms with E-state index in [1.807, 2.05) is 6.07 Å². The van der Waals surface area contributed by atoms with Gasteiger partial charge in [-0.05, 0) is 17.7 Å². The molecule has 1 aromatic heterocycles. The van der Waals surface area contributed by atoms with Gasteiger partial charge in [-0.1, -0.05) is 29.3 Å². The lowest BCUT2D eigenvalue weighted by atomic mass is 10.2. The topological polar surface area (TPSA) is 51.2 Å². The van der Waals surface area contributed by atoms with E-state index in [4.69, 9.17) is 27.9 Å². The first-order valence-corrected chi connectivity index (χ1v) is 6.57. The Bertz CT molecular complexity index is 618. The molecule has 6 heteroatoms. The van der Waals surface area contributed by atoms with E-state index in [9.17, 15) is 4.79 Å². The number of carbonyl (C=O) groups excluding carboxylic acids is 1. The molecule has 1 heterocycles. The van der Waals surface area contributed by atoms with Gasteiger partial charge < -0.3 is 10.1 Å². The zero-order valence-electron chi connectivity index (χ0n) is 10.7. The van der Waals surface area contributed by atoms with Crippen LogP contribution in [0, 0.1) is 0 Å². The van der Waals surface area contributed by atoms with Gasteiger partial charge in [0, 0.05) is 25.0 Å². The number of nitrogens with zero attached hydrogens (tertiary/aromatic N) is 1. The van der Waals surface area contributed by atoms with Gasteiger partial charge in [-0.3, -0.25) is 9.78 Å². The fourth-order valence-electron chi connectivity index (χ4n) is 1.64. The Kier molecular flexibility index (Phi) is 4.82. The zero-order chi connectivity index (χ0) is 14.5. The minimum Gasteiger partial charge on any atom is -0.495 e. The lowest BCUT2D eigenvalue weighted by Crippen LogP contribution is -2.23. The molecule has 104 valence electrons. The molecule has 0 aliphatic heterocycles. The number of amides is 1. The summed E-state index contributed by atoms with van der Waals surface area (Å²) in [7, 11) is 1.49. The number of halogens is 2. The maximum Gasteiger partial charge on any atom is 0.253 e. The quantitative estimate of drug-likeness (QED) is 0.942. The molecule has 20 heavy (non-hydrogen) atoms. The molecule has 1 aromatic carbocycles. The molecule has 0 fully saturated rings. The first-order chi connectivity index (χ1) is 9.61. The standard InChI is InChI=1S/C14H12Cl2N2O2/c1-20-13-6-11(15)10(5-12(13)16)14(19)18-8-9-3-2-4-17-7-9/h2-7H,8H2,1H3,(H,18,19). The smallest absolute Gasteiger partial charge is 0.253 e. The minimum atomic E-state index is -0.302. The molecule has 0 aliphatic rings. The predicted octanol–water partition coefficient (Wildman–Crippen LogP) is 3.33. The number of pyridine rings is 1. The normalized spacial score (nSPS) is 10.2. The van der Waals surface area contributed by atoms with Crippen LogP contribution in [0.4, 0.5) is 0 Å². The fraction of sp³-hybridized carbons (Fsp3) is 0.143. The molecule has 0 atom stereocenters. The molecule has 4 nitrogen and oxygen atoms in total. The summed E-state index contributed by atoms with van der Waals surface area (Å²) in [6, 6.07) is 6.68. The van der Waals surface area contributed by atoms with Crippen LogP contribution in [0.15, 0.2) is 36.7 Å². The maximum absolute atomic E-state index is 12.1. The summed E-state index contributed by atoms with van der Waals surface area (Å²) in [5.41, 5.74) is 1.21. The third-order valence-electron chi connectivity index (χ3n) is 2.66. The number of nitrogens with one attached hydrogen (secondary N) is 1. The van der Waals surface area contributed by atoms with Gasteiger partial charge in [0.1, 0.15) is 5.75 Å². The van der Waals surface area contributed by atoms with Gasteiger partial charge in [-0.2, -0.15) is 0 Å². The van der Waals surface area contributed by atoms with Crippen molar-refractivity contribution in [1.29, 1.82) is 0 Å². The molecular weight excluding hydrogens is 299 g/mol. The highest BCUT2D eigenvalue weighted by molar-refractivity contribution is 6.36. The van der Waals surface area contributed by atoms with Crippen LogP contribution in [-0.4, -0.2) is 18.0 Å². The van der Waals surface area contributed by atoms with Gasteiger partial charge >= 0.3 is 0 Å². The molecular formula is C14H12Cl2N2O2. The van der Waals surface area contributed by atoms with Crippen molar-refractivity contribution in [2.45, 2.75) is 6.54 Å². The van der Waals surface area contributed by atoms with E-state index in [1.165, 1.54) is 19.2 Å². The second-order valence-corrected chi connectivity index (χ2v) is 4.82. The molecule has 0 aliphatic carbocycles. The molecule has 0 bridgehead atoms. The molecule has 1 amide bonds. The average molecular weight is 311 g/mol. The molecule has 1 N–H and O–H groups in total. The number of rotatable bonds is 4. The van der Waals surface area contributed by atoms with Crippen LogP contribution in [0.1, 0.15) is 15.9 Å². The predicted molar refractivity (Wildman–Crippen MR) is 78.4 cm³/mol. The molecule has 0 unspecified atom stereocenters. The van der Waals surface area contributed by atoms with Crippen LogP contribution in [0.3, 0.4) is 0 Å². The highest BCUT2D eigenvalue weighted by atomic mass is 35.5. The van der Waals surface area contributed by atoms with Crippen LogP contribution in [0.5, 0.6) is 5.75 Å². The van der Waals surface area contributed by atoms with Crippen LogP contribution in [0.2, 0.25) is 10.0 Å². The lowest BCUT2D eigenvalue weighted by Gasteiger charge is -2.09. The summed E-state index contributed by atoms with van der Waals surface area (Å²) in [5.74, 6) is 0.129. The molecule has 0 saturated heterocycles. The number of benzene rings is 1. The Morgan fingerprint density at radius 2 is 2.15 bits per heavy atom. The zero-order valence-corrected chi connectivity index (χ0v) is 12.2. The van der Waals surface area contributed by atoms with Crippen molar-refractivity contribution in [3.05, 3.63) is 57.8 Å². The summed E-state index contributed by atoms with van der Waals surface area (Å²) in [5, 5.41) is 3.38. The van der Waals surface area contributed by atoms with E-state index < -0.39 is 0 Å². The second-order valence-electron chi connectivity index (χ2n) is 4.01. The number of aromatic nitrogens is 1. The summed E-state index contributed by atoms with van der Waals surface area (Å²) in [4.78, 5) is 16.0. The average Bonchev–Trinajstić information content (AvgIpc) is 2.47. The number of hydrogen-bond donors (Lipinski definition) is 1. The molecule has 0 radical (unpaired) electrons. The maximum atomic E-state index is 12.1. The Morgan fingerprint density at radius 3 is 2.80 bits per heavy atom. The van der Waals surface area contributed by atoms with Gasteiger partial charge in [-0.25, -0.2) is 0 Å². The van der Waals surface area contributed by atoms with E-state index in [0.29, 0.717) is 22.9 Å². The van der Waals surface area contributed by atoms with E-state index in [1.54, 1.807) is 18.5 Å². The van der Waals surface area contributed by atoms with Crippen molar-refractivity contribution in [3.63, 3.8) is 0 Å². The van der Waals surface area contributed by atoms with Gasteiger partial charge in [-0.15, -0.1) is 0 Å². The Morgan fingerprint density at radius 1 is 1.35 bits per heavy atom. The highest BCUT2D eigenvalue weighted by Crippen LogP contribution is 2.30. The number of hydrogen-bond acceptors (Lipinski definition) is 3. The summed E-state index contributed by atoms with van der Waals surface area (Å²) >= 11 is 12.0. The molecule has 0 spiro atoms. The fourth-order valence-corrected chi connectivity index (χ4v) is 2.12.